The van der Waals surface area contributed by atoms with Gasteiger partial charge in [0.2, 0.25) is 0 Å². The first-order valence-corrected chi connectivity index (χ1v) is 6.72. The van der Waals surface area contributed by atoms with E-state index < -0.39 is 20.2 Å². The average Bonchev–Trinajstić information content (AvgIpc) is 2.86. The Kier molecular flexibility index (Phi) is 3.57. The Morgan fingerprint density at radius 1 is 1.20 bits per heavy atom. The van der Waals surface area contributed by atoms with E-state index in [4.69, 9.17) is 9.63 Å². The Morgan fingerprint density at radius 2 is 1.80 bits per heavy atom. The van der Waals surface area contributed by atoms with Crippen LogP contribution in [0.2, 0.25) is 0 Å². The fourth-order valence-electron chi connectivity index (χ4n) is 1.46. The van der Waals surface area contributed by atoms with Gasteiger partial charge in [0.1, 0.15) is 12.3 Å². The van der Waals surface area contributed by atoms with Crippen molar-refractivity contribution in [2.75, 3.05) is 0 Å². The van der Waals surface area contributed by atoms with Crippen molar-refractivity contribution in [1.29, 1.82) is 0 Å². The molecule has 0 bridgehead atoms. The Bertz CT molecular complexity index is 704. The van der Waals surface area contributed by atoms with Crippen molar-refractivity contribution in [1.82, 2.24) is 5.16 Å². The van der Waals surface area contributed by atoms with E-state index in [2.05, 4.69) is 5.16 Å². The van der Waals surface area contributed by atoms with Crippen LogP contribution in [0.5, 0.6) is 0 Å². The van der Waals surface area contributed by atoms with Crippen molar-refractivity contribution < 1.29 is 31.2 Å². The minimum Gasteiger partial charge on any atom is -0.388 e. The summed E-state index contributed by atoms with van der Waals surface area (Å²) in [5.41, 5.74) is -4.69. The second-order valence-electron chi connectivity index (χ2n) is 3.81. The van der Waals surface area contributed by atoms with Crippen LogP contribution >= 0.6 is 0 Å². The normalized spacial score (nSPS) is 12.6. The van der Waals surface area contributed by atoms with Crippen LogP contribution in [0.3, 0.4) is 0 Å². The number of rotatable bonds is 3. The molecule has 2 aromatic rings. The van der Waals surface area contributed by atoms with E-state index in [-0.39, 0.29) is 18.1 Å². The fourth-order valence-corrected chi connectivity index (χ4v) is 2.22. The van der Waals surface area contributed by atoms with Gasteiger partial charge in [0.25, 0.3) is 9.84 Å². The smallest absolute Gasteiger partial charge is 0.388 e. The topological polar surface area (TPSA) is 80.4 Å². The molecule has 0 unspecified atom stereocenters. The fraction of sp³-hybridized carbons (Fsp3) is 0.182. The van der Waals surface area contributed by atoms with E-state index in [1.165, 1.54) is 18.2 Å². The summed E-state index contributed by atoms with van der Waals surface area (Å²) in [5.74, 6) is 0.187. The third kappa shape index (κ3) is 2.54. The van der Waals surface area contributed by atoms with Crippen molar-refractivity contribution in [3.05, 3.63) is 36.1 Å². The Morgan fingerprint density at radius 3 is 2.25 bits per heavy atom. The molecule has 0 atom stereocenters. The molecule has 0 saturated carbocycles. The van der Waals surface area contributed by atoms with Gasteiger partial charge in [-0.1, -0.05) is 17.3 Å². The van der Waals surface area contributed by atoms with Gasteiger partial charge in [0.05, 0.1) is 4.90 Å². The second-order valence-corrected chi connectivity index (χ2v) is 5.75. The van der Waals surface area contributed by atoms with Gasteiger partial charge >= 0.3 is 5.51 Å². The molecule has 2 rings (SSSR count). The standard InChI is InChI=1S/C11H8F3NO4S/c12-11(13,14)20(17,18)9-3-1-7(2-4-9)10-5-8(6-16)19-15-10/h1-5,16H,6H2. The average molecular weight is 307 g/mol. The summed E-state index contributed by atoms with van der Waals surface area (Å²) < 4.78 is 64.1. The lowest BCUT2D eigenvalue weighted by Crippen LogP contribution is -2.23. The number of aliphatic hydroxyl groups is 1. The summed E-state index contributed by atoms with van der Waals surface area (Å²) in [6.45, 7) is -0.368. The van der Waals surface area contributed by atoms with E-state index in [9.17, 15) is 21.6 Å². The van der Waals surface area contributed by atoms with Crippen LogP contribution in [0, 0.1) is 0 Å². The summed E-state index contributed by atoms with van der Waals surface area (Å²) in [4.78, 5) is -0.848. The predicted octanol–water partition coefficient (Wildman–Crippen LogP) is 2.13. The molecule has 9 heteroatoms. The van der Waals surface area contributed by atoms with Crippen molar-refractivity contribution in [3.8, 4) is 11.3 Å². The summed E-state index contributed by atoms with van der Waals surface area (Å²) >= 11 is 0. The molecule has 0 fully saturated rings. The molecule has 0 radical (unpaired) electrons. The maximum Gasteiger partial charge on any atom is 0.501 e. The molecule has 108 valence electrons. The van der Waals surface area contributed by atoms with Crippen LogP contribution < -0.4 is 0 Å². The number of hydrogen-bond donors (Lipinski definition) is 1. The number of nitrogens with zero attached hydrogens (tertiary/aromatic N) is 1. The number of halogens is 3. The highest BCUT2D eigenvalue weighted by molar-refractivity contribution is 7.92. The Labute approximate surface area is 111 Å². The first-order chi connectivity index (χ1) is 9.25. The SMILES string of the molecule is O=S(=O)(c1ccc(-c2cc(CO)on2)cc1)C(F)(F)F. The maximum absolute atomic E-state index is 12.3. The number of alkyl halides is 3. The summed E-state index contributed by atoms with van der Waals surface area (Å²) in [6.07, 6.45) is 0. The molecule has 0 aliphatic rings. The van der Waals surface area contributed by atoms with Gasteiger partial charge in [-0.05, 0) is 12.1 Å². The summed E-state index contributed by atoms with van der Waals surface area (Å²) in [5, 5.41) is 12.4. The molecule has 1 N–H and O–H groups in total. The molecule has 1 aromatic carbocycles. The minimum absolute atomic E-state index is 0.187. The summed E-state index contributed by atoms with van der Waals surface area (Å²) in [7, 11) is -5.36. The van der Waals surface area contributed by atoms with Gasteiger partial charge in [0.15, 0.2) is 5.76 Å². The van der Waals surface area contributed by atoms with Crippen LogP contribution in [0.4, 0.5) is 13.2 Å². The first kappa shape index (κ1) is 14.5. The number of aliphatic hydroxyl groups excluding tert-OH is 1. The minimum atomic E-state index is -5.36. The highest BCUT2D eigenvalue weighted by Gasteiger charge is 2.46. The molecule has 1 heterocycles. The number of benzene rings is 1. The van der Waals surface area contributed by atoms with Crippen LogP contribution in [0.15, 0.2) is 39.8 Å². The largest absolute Gasteiger partial charge is 0.501 e. The van der Waals surface area contributed by atoms with E-state index in [1.807, 2.05) is 0 Å². The zero-order chi connectivity index (χ0) is 15.0. The predicted molar refractivity (Wildman–Crippen MR) is 61.1 cm³/mol. The maximum atomic E-state index is 12.3. The third-order valence-corrected chi connectivity index (χ3v) is 3.98. The molecule has 20 heavy (non-hydrogen) atoms. The number of sulfone groups is 1. The monoisotopic (exact) mass is 307 g/mol. The lowest BCUT2D eigenvalue weighted by atomic mass is 10.1. The third-order valence-electron chi connectivity index (χ3n) is 2.48. The molecular formula is C11H8F3NO4S. The molecule has 0 saturated heterocycles. The van der Waals surface area contributed by atoms with Crippen LogP contribution in [0.1, 0.15) is 5.76 Å². The van der Waals surface area contributed by atoms with Gasteiger partial charge in [0, 0.05) is 11.6 Å². The van der Waals surface area contributed by atoms with E-state index in [0.717, 1.165) is 12.1 Å². The molecule has 0 aliphatic heterocycles. The van der Waals surface area contributed by atoms with Crippen LogP contribution in [-0.4, -0.2) is 24.2 Å². The molecule has 5 nitrogen and oxygen atoms in total. The van der Waals surface area contributed by atoms with Crippen LogP contribution in [-0.2, 0) is 16.4 Å². The zero-order valence-electron chi connectivity index (χ0n) is 9.76. The van der Waals surface area contributed by atoms with E-state index in [0.29, 0.717) is 5.56 Å². The highest BCUT2D eigenvalue weighted by atomic mass is 32.2. The molecule has 0 aliphatic carbocycles. The zero-order valence-corrected chi connectivity index (χ0v) is 10.6. The Hall–Kier alpha value is -1.87. The molecular weight excluding hydrogens is 299 g/mol. The highest BCUT2D eigenvalue weighted by Crippen LogP contribution is 2.31. The van der Waals surface area contributed by atoms with E-state index >= 15 is 0 Å². The summed E-state index contributed by atoms with van der Waals surface area (Å²) in [6, 6.07) is 5.43. The van der Waals surface area contributed by atoms with Crippen LogP contribution in [0.25, 0.3) is 11.3 Å². The second kappa shape index (κ2) is 4.91. The Balaban J connectivity index is 2.36. The van der Waals surface area contributed by atoms with Crippen molar-refractivity contribution >= 4 is 9.84 Å². The lowest BCUT2D eigenvalue weighted by molar-refractivity contribution is -0.0436. The van der Waals surface area contributed by atoms with Crippen molar-refractivity contribution in [2.45, 2.75) is 17.0 Å². The molecule has 1 aromatic heterocycles. The first-order valence-electron chi connectivity index (χ1n) is 5.24. The molecule has 0 amide bonds. The van der Waals surface area contributed by atoms with Gasteiger partial charge in [-0.2, -0.15) is 13.2 Å². The quantitative estimate of drug-likeness (QED) is 0.939. The van der Waals surface area contributed by atoms with Gasteiger partial charge in [-0.3, -0.25) is 0 Å². The lowest BCUT2D eigenvalue weighted by Gasteiger charge is -2.07. The van der Waals surface area contributed by atoms with Gasteiger partial charge < -0.3 is 9.63 Å². The number of hydrogen-bond acceptors (Lipinski definition) is 5. The van der Waals surface area contributed by atoms with Gasteiger partial charge in [-0.25, -0.2) is 8.42 Å². The van der Waals surface area contributed by atoms with Crippen molar-refractivity contribution in [2.24, 2.45) is 0 Å². The number of aromatic nitrogens is 1. The van der Waals surface area contributed by atoms with Gasteiger partial charge in [-0.15, -0.1) is 0 Å². The van der Waals surface area contributed by atoms with Crippen molar-refractivity contribution in [3.63, 3.8) is 0 Å². The molecule has 0 spiro atoms. The van der Waals surface area contributed by atoms with E-state index in [1.54, 1.807) is 0 Å².